The molecule has 1 saturated carbocycles. The number of carbonyl (C=O) groups excluding carboxylic acids is 2. The number of para-hydroxylation sites is 1. The van der Waals surface area contributed by atoms with E-state index < -0.39 is 6.23 Å². The first-order valence-electron chi connectivity index (χ1n) is 9.20. The van der Waals surface area contributed by atoms with Crippen molar-refractivity contribution in [2.75, 3.05) is 32.2 Å². The highest BCUT2D eigenvalue weighted by Crippen LogP contribution is 2.27. The molecule has 0 radical (unpaired) electrons. The normalized spacial score (nSPS) is 18.1. The molecule has 7 nitrogen and oxygen atoms in total. The Morgan fingerprint density at radius 2 is 1.56 bits per heavy atom. The molecule has 3 rings (SSSR count). The van der Waals surface area contributed by atoms with Crippen molar-refractivity contribution in [3.63, 3.8) is 0 Å². The van der Waals surface area contributed by atoms with E-state index in [4.69, 9.17) is 9.59 Å². The van der Waals surface area contributed by atoms with Crippen LogP contribution in [-0.4, -0.2) is 57.0 Å². The number of nitrogens with zero attached hydrogens (tertiary/aromatic N) is 4. The molecule has 2 aliphatic rings. The molecule has 0 amide bonds. The summed E-state index contributed by atoms with van der Waals surface area (Å²) in [5.41, 5.74) is 0.875. The Balaban J connectivity index is 0.000000716. The summed E-state index contributed by atoms with van der Waals surface area (Å²) in [4.78, 5) is 18.3. The van der Waals surface area contributed by atoms with Crippen LogP contribution in [0.3, 0.4) is 0 Å². The topological polar surface area (TPSA) is 85.6 Å². The van der Waals surface area contributed by atoms with Crippen molar-refractivity contribution in [2.45, 2.75) is 38.8 Å². The lowest BCUT2D eigenvalue weighted by atomic mass is 9.95. The average molecular weight is 379 g/mol. The number of hydrogen-bond donors (Lipinski definition) is 1. The molecular weight excluding hydrogens is 344 g/mol. The molecule has 1 aromatic carbocycles. The van der Waals surface area contributed by atoms with Gasteiger partial charge in [-0.15, -0.1) is 0 Å². The molecule has 27 heavy (non-hydrogen) atoms. The van der Waals surface area contributed by atoms with Crippen LogP contribution in [0.2, 0.25) is 0 Å². The predicted molar refractivity (Wildman–Crippen MR) is 109 cm³/mol. The Bertz CT molecular complexity index is 501. The van der Waals surface area contributed by atoms with Crippen LogP contribution < -0.4 is 5.01 Å². The van der Waals surface area contributed by atoms with E-state index in [1.165, 1.54) is 12.8 Å². The van der Waals surface area contributed by atoms with Crippen LogP contribution in [0.4, 0.5) is 5.69 Å². The molecule has 1 heterocycles. The van der Waals surface area contributed by atoms with Gasteiger partial charge >= 0.3 is 0 Å². The lowest BCUT2D eigenvalue weighted by Crippen LogP contribution is -2.42. The van der Waals surface area contributed by atoms with E-state index in [0.29, 0.717) is 0 Å². The highest BCUT2D eigenvalue weighted by Gasteiger charge is 2.29. The number of aliphatic hydroxyl groups is 1. The van der Waals surface area contributed by atoms with E-state index in [-0.39, 0.29) is 5.92 Å². The highest BCUT2D eigenvalue weighted by molar-refractivity contribution is 5.45. The van der Waals surface area contributed by atoms with Crippen molar-refractivity contribution >= 4 is 19.3 Å². The Morgan fingerprint density at radius 3 is 1.96 bits per heavy atom. The molecule has 1 atom stereocenters. The lowest BCUT2D eigenvalue weighted by molar-refractivity contribution is -0.0987. The van der Waals surface area contributed by atoms with Crippen LogP contribution in [0.15, 0.2) is 40.7 Å². The lowest BCUT2D eigenvalue weighted by Gasteiger charge is -2.35. The highest BCUT2D eigenvalue weighted by atomic mass is 16.3. The average Bonchev–Trinajstić information content (AvgIpc) is 3.52. The van der Waals surface area contributed by atoms with Crippen LogP contribution in [0.1, 0.15) is 32.6 Å². The quantitative estimate of drug-likeness (QED) is 0.494. The fourth-order valence-corrected chi connectivity index (χ4v) is 2.63. The van der Waals surface area contributed by atoms with Gasteiger partial charge < -0.3 is 19.6 Å². The molecule has 1 aliphatic heterocycles. The SMILES string of the molecule is C=O.C=O.CC1CC1.CN=NN(c1ccccc1)C(O)C1CCN(C)CC1. The number of benzene rings is 1. The molecule has 1 aliphatic carbocycles. The summed E-state index contributed by atoms with van der Waals surface area (Å²) in [6.45, 7) is 8.32. The van der Waals surface area contributed by atoms with Crippen molar-refractivity contribution in [3.8, 4) is 0 Å². The number of piperidine rings is 1. The summed E-state index contributed by atoms with van der Waals surface area (Å²) in [6, 6.07) is 9.70. The van der Waals surface area contributed by atoms with Crippen LogP contribution in [0.5, 0.6) is 0 Å². The number of carbonyl (C=O) groups is 2. The number of likely N-dealkylation sites (tertiary alicyclic amines) is 1. The maximum atomic E-state index is 10.6. The van der Waals surface area contributed by atoms with E-state index in [1.54, 1.807) is 12.1 Å². The Kier molecular flexibility index (Phi) is 13.8. The zero-order valence-corrected chi connectivity index (χ0v) is 16.8. The molecule has 1 unspecified atom stereocenters. The van der Waals surface area contributed by atoms with Gasteiger partial charge in [0.2, 0.25) is 0 Å². The molecule has 7 heteroatoms. The predicted octanol–water partition coefficient (Wildman–Crippen LogP) is 3.20. The number of aliphatic hydroxyl groups excluding tert-OH is 1. The van der Waals surface area contributed by atoms with Crippen LogP contribution >= 0.6 is 0 Å². The van der Waals surface area contributed by atoms with Crippen molar-refractivity contribution in [1.29, 1.82) is 0 Å². The number of rotatable bonds is 4. The minimum absolute atomic E-state index is 0.238. The summed E-state index contributed by atoms with van der Waals surface area (Å²) < 4.78 is 0. The van der Waals surface area contributed by atoms with Gasteiger partial charge in [0, 0.05) is 5.92 Å². The second-order valence-electron chi connectivity index (χ2n) is 6.71. The third-order valence-corrected chi connectivity index (χ3v) is 4.51. The van der Waals surface area contributed by atoms with Gasteiger partial charge in [-0.3, -0.25) is 0 Å². The van der Waals surface area contributed by atoms with Gasteiger partial charge in [0.1, 0.15) is 13.6 Å². The second kappa shape index (κ2) is 15.0. The standard InChI is InChI=1S/C14H22N4O.C4H8.2CH2O/c1-15-16-18(13-6-4-3-5-7-13)14(19)12-8-10-17(2)11-9-12;1-4-2-3-4;2*1-2/h3-7,12,14,19H,8-11H2,1-2H3;4H,2-3H2,1H3;2*1H2. The molecule has 0 aromatic heterocycles. The van der Waals surface area contributed by atoms with Gasteiger partial charge in [-0.1, -0.05) is 43.2 Å². The van der Waals surface area contributed by atoms with Gasteiger partial charge in [0.15, 0.2) is 6.23 Å². The van der Waals surface area contributed by atoms with Gasteiger partial charge in [-0.25, -0.2) is 5.01 Å². The Morgan fingerprint density at radius 1 is 1.07 bits per heavy atom. The Hall–Kier alpha value is -2.12. The Labute approximate surface area is 163 Å². The maximum Gasteiger partial charge on any atom is 0.152 e. The smallest absolute Gasteiger partial charge is 0.152 e. The third kappa shape index (κ3) is 9.96. The number of hydrogen-bond acceptors (Lipinski definition) is 6. The molecule has 2 fully saturated rings. The summed E-state index contributed by atoms with van der Waals surface area (Å²) in [5.74, 6) is 1.32. The first-order valence-corrected chi connectivity index (χ1v) is 9.20. The van der Waals surface area contributed by atoms with Gasteiger partial charge in [-0.05, 0) is 51.0 Å². The van der Waals surface area contributed by atoms with E-state index in [9.17, 15) is 5.11 Å². The molecule has 1 saturated heterocycles. The van der Waals surface area contributed by atoms with E-state index in [0.717, 1.165) is 37.5 Å². The van der Waals surface area contributed by atoms with Crippen LogP contribution in [-0.2, 0) is 9.59 Å². The van der Waals surface area contributed by atoms with Crippen LogP contribution in [0, 0.1) is 11.8 Å². The summed E-state index contributed by atoms with van der Waals surface area (Å²) in [6.07, 6.45) is 4.33. The molecule has 1 aromatic rings. The largest absolute Gasteiger partial charge is 0.371 e. The van der Waals surface area contributed by atoms with Gasteiger partial charge in [-0.2, -0.15) is 5.11 Å². The van der Waals surface area contributed by atoms with Gasteiger partial charge in [0.05, 0.1) is 12.7 Å². The molecule has 0 bridgehead atoms. The fraction of sp³-hybridized carbons (Fsp3) is 0.600. The van der Waals surface area contributed by atoms with E-state index in [2.05, 4.69) is 29.2 Å². The third-order valence-electron chi connectivity index (χ3n) is 4.51. The summed E-state index contributed by atoms with van der Waals surface area (Å²) >= 11 is 0. The first-order chi connectivity index (χ1) is 13.1. The van der Waals surface area contributed by atoms with Crippen molar-refractivity contribution in [2.24, 2.45) is 22.2 Å². The van der Waals surface area contributed by atoms with E-state index >= 15 is 0 Å². The monoisotopic (exact) mass is 378 g/mol. The van der Waals surface area contributed by atoms with Crippen LogP contribution in [0.25, 0.3) is 0 Å². The van der Waals surface area contributed by atoms with Crippen molar-refractivity contribution in [3.05, 3.63) is 30.3 Å². The molecular formula is C20H34N4O3. The first kappa shape index (κ1) is 24.9. The minimum atomic E-state index is -0.611. The van der Waals surface area contributed by atoms with Crippen molar-refractivity contribution in [1.82, 2.24) is 4.90 Å². The molecule has 152 valence electrons. The molecule has 1 N–H and O–H groups in total. The maximum absolute atomic E-state index is 10.6. The number of anilines is 1. The zero-order chi connectivity index (χ0) is 20.7. The fourth-order valence-electron chi connectivity index (χ4n) is 2.63. The van der Waals surface area contributed by atoms with E-state index in [1.807, 2.05) is 43.9 Å². The van der Waals surface area contributed by atoms with Gasteiger partial charge in [0.25, 0.3) is 0 Å². The molecule has 0 spiro atoms. The minimum Gasteiger partial charge on any atom is -0.371 e. The zero-order valence-electron chi connectivity index (χ0n) is 16.8. The summed E-state index contributed by atoms with van der Waals surface area (Å²) in [5, 5.41) is 20.1. The summed E-state index contributed by atoms with van der Waals surface area (Å²) in [7, 11) is 3.74. The van der Waals surface area contributed by atoms with Crippen molar-refractivity contribution < 1.29 is 14.7 Å². The second-order valence-corrected chi connectivity index (χ2v) is 6.71.